The first-order chi connectivity index (χ1) is 29.9. The first kappa shape index (κ1) is 73.1. The van der Waals surface area contributed by atoms with E-state index in [9.17, 15) is 39.6 Å². The molecule has 0 aromatic heterocycles. The van der Waals surface area contributed by atoms with Crippen molar-refractivity contribution in [2.75, 3.05) is 0 Å². The Labute approximate surface area is 407 Å². The molecule has 0 atom stereocenters. The monoisotopic (exact) mass is 1100 g/mol. The average molecular weight is 1090 g/mol. The number of rotatable bonds is 40. The van der Waals surface area contributed by atoms with Gasteiger partial charge in [0.25, 0.3) is 0 Å². The molecule has 0 radical (unpaired) electrons. The molecule has 368 valence electrons. The molecule has 0 spiro atoms. The van der Waals surface area contributed by atoms with Crippen LogP contribution >= 0.6 is 0 Å². The van der Waals surface area contributed by atoms with E-state index in [1.807, 2.05) is 0 Å². The SMILES string of the molecule is CCCCCCCCCCCC(=O)[O-].CCCCCCCCCCCC(=O)[O-].CCCCCCCCCCCC(=O)[O-].CCCCCCCCCCCC(=O)[O-].[CH3][Sn+2][CH3].[CH3][Sn+2][CH3]. The van der Waals surface area contributed by atoms with Gasteiger partial charge >= 0.3 is 62.0 Å². The van der Waals surface area contributed by atoms with Crippen LogP contribution in [0.3, 0.4) is 0 Å². The van der Waals surface area contributed by atoms with Gasteiger partial charge in [0.2, 0.25) is 0 Å². The maximum atomic E-state index is 10.1. The molecule has 0 unspecified atom stereocenters. The maximum absolute atomic E-state index is 10.1. The molecule has 0 aliphatic carbocycles. The van der Waals surface area contributed by atoms with Crippen LogP contribution in [0.2, 0.25) is 19.8 Å². The second-order valence-corrected chi connectivity index (χ2v) is 22.5. The number of hydrogen-bond acceptors (Lipinski definition) is 8. The van der Waals surface area contributed by atoms with Crippen molar-refractivity contribution in [3.63, 3.8) is 0 Å². The Balaban J connectivity index is -0.000000161. The molecule has 10 heteroatoms. The van der Waals surface area contributed by atoms with Crippen molar-refractivity contribution < 1.29 is 39.6 Å². The van der Waals surface area contributed by atoms with E-state index < -0.39 is 23.9 Å². The molecule has 0 aromatic rings. The van der Waals surface area contributed by atoms with Crippen LogP contribution in [-0.4, -0.2) is 66.2 Å². The fourth-order valence-corrected chi connectivity index (χ4v) is 6.32. The molecule has 8 nitrogen and oxygen atoms in total. The van der Waals surface area contributed by atoms with Gasteiger partial charge in [0.05, 0.1) is 0 Å². The third-order valence-electron chi connectivity index (χ3n) is 9.94. The van der Waals surface area contributed by atoms with Crippen molar-refractivity contribution in [3.05, 3.63) is 0 Å². The predicted octanol–water partition coefficient (Wildman–Crippen LogP) is 12.2. The van der Waals surface area contributed by atoms with E-state index in [1.54, 1.807) is 0 Å². The molecule has 0 bridgehead atoms. The molecule has 0 heterocycles. The van der Waals surface area contributed by atoms with Crippen LogP contribution in [0.4, 0.5) is 0 Å². The molecule has 0 aromatic carbocycles. The van der Waals surface area contributed by atoms with Gasteiger partial charge in [-0.1, -0.05) is 233 Å². The predicted molar refractivity (Wildman–Crippen MR) is 262 cm³/mol. The van der Waals surface area contributed by atoms with Gasteiger partial charge in [0, 0.05) is 23.9 Å². The number of carbonyl (C=O) groups excluding carboxylic acids is 4. The van der Waals surface area contributed by atoms with Crippen molar-refractivity contribution in [3.8, 4) is 0 Å². The van der Waals surface area contributed by atoms with Gasteiger partial charge in [-0.2, -0.15) is 0 Å². The van der Waals surface area contributed by atoms with E-state index in [4.69, 9.17) is 0 Å². The molecular formula is C52H104O8Sn2. The number of unbranched alkanes of at least 4 members (excludes halogenated alkanes) is 32. The molecule has 0 saturated heterocycles. The van der Waals surface area contributed by atoms with E-state index in [0.29, 0.717) is 0 Å². The van der Waals surface area contributed by atoms with Crippen molar-refractivity contribution >= 4 is 66.2 Å². The quantitative estimate of drug-likeness (QED) is 0.0433. The van der Waals surface area contributed by atoms with Crippen LogP contribution in [0.15, 0.2) is 0 Å². The Bertz CT molecular complexity index is 699. The molecule has 62 heavy (non-hydrogen) atoms. The van der Waals surface area contributed by atoms with Gasteiger partial charge in [-0.15, -0.1) is 0 Å². The minimum absolute atomic E-state index is 0.230. The second kappa shape index (κ2) is 74.8. The summed E-state index contributed by atoms with van der Waals surface area (Å²) in [6.45, 7) is 8.89. The number of hydrogen-bond donors (Lipinski definition) is 0. The number of carboxylic acids is 4. The van der Waals surface area contributed by atoms with Gasteiger partial charge in [-0.25, -0.2) is 0 Å². The number of aliphatic carboxylic acids is 4. The van der Waals surface area contributed by atoms with Crippen LogP contribution in [0.25, 0.3) is 0 Å². The van der Waals surface area contributed by atoms with Gasteiger partial charge < -0.3 is 39.6 Å². The molecule has 0 aliphatic rings. The first-order valence-corrected chi connectivity index (χ1v) is 37.3. The normalized spacial score (nSPS) is 9.68. The summed E-state index contributed by atoms with van der Waals surface area (Å²) in [5.41, 5.74) is 0. The summed E-state index contributed by atoms with van der Waals surface area (Å²) in [4.78, 5) is 49.6. The Morgan fingerprint density at radius 3 is 0.435 bits per heavy atom. The zero-order valence-electron chi connectivity index (χ0n) is 42.6. The molecule has 0 N–H and O–H groups in total. The van der Waals surface area contributed by atoms with Crippen molar-refractivity contribution in [2.45, 2.75) is 304 Å². The summed E-state index contributed by atoms with van der Waals surface area (Å²) in [6, 6.07) is 0. The number of carboxylic acid groups (broad SMARTS) is 4. The summed E-state index contributed by atoms with van der Waals surface area (Å²) in [6.07, 6.45) is 44.7. The van der Waals surface area contributed by atoms with Crippen LogP contribution in [0.5, 0.6) is 0 Å². The van der Waals surface area contributed by atoms with Crippen molar-refractivity contribution in [1.29, 1.82) is 0 Å². The van der Waals surface area contributed by atoms with Crippen LogP contribution in [0.1, 0.15) is 285 Å². The van der Waals surface area contributed by atoms with E-state index >= 15 is 0 Å². The van der Waals surface area contributed by atoms with Gasteiger partial charge in [0.1, 0.15) is 0 Å². The molecule has 0 saturated carbocycles. The van der Waals surface area contributed by atoms with Gasteiger partial charge in [-0.05, 0) is 51.4 Å². The standard InChI is InChI=1S/4C12H24O2.4CH3.2Sn/c4*1-2-3-4-5-6-7-8-9-10-11-12(13)14;;;;;;/h4*2-11H2,1H3,(H,13,14);4*1H3;;/q;;;;;;;;2*+2/p-4. The second-order valence-electron chi connectivity index (χ2n) is 16.8. The summed E-state index contributed by atoms with van der Waals surface area (Å²) in [5, 5.41) is 40.4. The van der Waals surface area contributed by atoms with Gasteiger partial charge in [0.15, 0.2) is 0 Å². The molecule has 0 rings (SSSR count). The van der Waals surface area contributed by atoms with Crippen molar-refractivity contribution in [1.82, 2.24) is 0 Å². The zero-order valence-corrected chi connectivity index (χ0v) is 48.3. The topological polar surface area (TPSA) is 161 Å². The number of carbonyl (C=O) groups is 4. The third kappa shape index (κ3) is 108. The molecule has 0 aliphatic heterocycles. The van der Waals surface area contributed by atoms with Crippen LogP contribution < -0.4 is 20.4 Å². The Morgan fingerprint density at radius 1 is 0.242 bits per heavy atom. The summed E-state index contributed by atoms with van der Waals surface area (Å²) in [7, 11) is 0. The summed E-state index contributed by atoms with van der Waals surface area (Å²) < 4.78 is 0. The van der Waals surface area contributed by atoms with Gasteiger partial charge in [-0.3, -0.25) is 0 Å². The average Bonchev–Trinajstić information content (AvgIpc) is 3.22. The Hall–Kier alpha value is -0.523. The van der Waals surface area contributed by atoms with Crippen LogP contribution in [-0.2, 0) is 19.2 Å². The van der Waals surface area contributed by atoms with Crippen molar-refractivity contribution in [2.24, 2.45) is 0 Å². The van der Waals surface area contributed by atoms with E-state index in [1.165, 1.54) is 180 Å². The zero-order chi connectivity index (χ0) is 48.0. The minimum atomic E-state index is -0.909. The fraction of sp³-hybridized carbons (Fsp3) is 0.923. The summed E-state index contributed by atoms with van der Waals surface area (Å²) >= 11 is 0.460. The summed E-state index contributed by atoms with van der Waals surface area (Å²) in [5.74, 6) is -3.64. The van der Waals surface area contributed by atoms with Crippen LogP contribution in [0, 0.1) is 0 Å². The fourth-order valence-electron chi connectivity index (χ4n) is 6.32. The molecule has 0 amide bonds. The molecular weight excluding hydrogens is 990 g/mol. The first-order valence-electron chi connectivity index (χ1n) is 25.9. The Kier molecular flexibility index (Phi) is 88.2. The third-order valence-corrected chi connectivity index (χ3v) is 9.94. The van der Waals surface area contributed by atoms with E-state index in [2.05, 4.69) is 47.5 Å². The van der Waals surface area contributed by atoms with E-state index in [-0.39, 0.29) is 68.0 Å². The molecule has 0 fully saturated rings. The van der Waals surface area contributed by atoms with E-state index in [0.717, 1.165) is 51.4 Å². The Morgan fingerprint density at radius 2 is 0.339 bits per heavy atom.